The molecule has 3 aromatic heterocycles. The number of aryl methyl sites for hydroxylation is 1. The number of carbonyl (C=O) groups excluding carboxylic acids is 1. The highest BCUT2D eigenvalue weighted by Gasteiger charge is 2.32. The Balaban J connectivity index is 1.87. The van der Waals surface area contributed by atoms with E-state index in [2.05, 4.69) is 67.7 Å². The van der Waals surface area contributed by atoms with Crippen molar-refractivity contribution in [1.29, 1.82) is 0 Å². The summed E-state index contributed by atoms with van der Waals surface area (Å²) in [5, 5.41) is 0.743. The second kappa shape index (κ2) is 14.7. The summed E-state index contributed by atoms with van der Waals surface area (Å²) in [7, 11) is 3.65. The number of carbonyl (C=O) groups is 1. The summed E-state index contributed by atoms with van der Waals surface area (Å²) in [4.78, 5) is 41.5. The van der Waals surface area contributed by atoms with Crippen molar-refractivity contribution in [2.75, 3.05) is 24.0 Å². The minimum atomic E-state index is -0.734. The van der Waals surface area contributed by atoms with Gasteiger partial charge in [0.25, 0.3) is 5.56 Å². The smallest absolute Gasteiger partial charge is 0.324 e. The van der Waals surface area contributed by atoms with Crippen molar-refractivity contribution in [3.8, 4) is 16.9 Å². The van der Waals surface area contributed by atoms with E-state index >= 15 is 0 Å². The van der Waals surface area contributed by atoms with E-state index in [-0.39, 0.29) is 23.1 Å². The van der Waals surface area contributed by atoms with Gasteiger partial charge in [0.2, 0.25) is 0 Å². The molecule has 0 aliphatic carbocycles. The van der Waals surface area contributed by atoms with Crippen LogP contribution in [0.4, 0.5) is 21.9 Å². The molecule has 0 aliphatic rings. The monoisotopic (exact) mass is 646 g/mol. The van der Waals surface area contributed by atoms with Gasteiger partial charge in [-0.1, -0.05) is 59.2 Å². The summed E-state index contributed by atoms with van der Waals surface area (Å²) in [6.07, 6.45) is 6.98. The van der Waals surface area contributed by atoms with E-state index in [0.29, 0.717) is 35.7 Å². The molecule has 250 valence electrons. The molecule has 0 fully saturated rings. The first-order valence-corrected chi connectivity index (χ1v) is 16.6. The Morgan fingerprint density at radius 2 is 1.67 bits per heavy atom. The van der Waals surface area contributed by atoms with Crippen LogP contribution in [-0.4, -0.2) is 34.7 Å². The molecule has 9 heteroatoms. The van der Waals surface area contributed by atoms with Crippen molar-refractivity contribution in [2.45, 2.75) is 72.4 Å². The minimum Gasteiger partial charge on any atom is -0.497 e. The minimum absolute atomic E-state index is 0.00389. The summed E-state index contributed by atoms with van der Waals surface area (Å²) in [6.45, 7) is 11.6. The predicted molar refractivity (Wildman–Crippen MR) is 196 cm³/mol. The van der Waals surface area contributed by atoms with Gasteiger partial charge in [0.1, 0.15) is 17.1 Å². The predicted octanol–water partition coefficient (Wildman–Crippen LogP) is 8.37. The Bertz CT molecular complexity index is 1940. The number of anilines is 3. The van der Waals surface area contributed by atoms with Crippen LogP contribution in [0.25, 0.3) is 22.2 Å². The third kappa shape index (κ3) is 6.76. The molecule has 48 heavy (non-hydrogen) atoms. The maximum atomic E-state index is 14.9. The molecule has 0 saturated carbocycles. The number of aromatic nitrogens is 3. The fraction of sp³-hybridized carbons (Fsp3) is 0.333. The van der Waals surface area contributed by atoms with Crippen molar-refractivity contribution < 1.29 is 9.53 Å². The number of pyridine rings is 3. The molecule has 0 saturated heterocycles. The van der Waals surface area contributed by atoms with Crippen molar-refractivity contribution in [1.82, 2.24) is 14.5 Å². The van der Waals surface area contributed by atoms with Crippen molar-refractivity contribution >= 4 is 34.1 Å². The number of unbranched alkanes of at least 4 members (excludes halogenated alkanes) is 1. The second-order valence-corrected chi connectivity index (χ2v) is 12.8. The number of amides is 2. The molecule has 0 atom stereocenters. The van der Waals surface area contributed by atoms with Gasteiger partial charge in [-0.05, 0) is 83.0 Å². The molecule has 3 heterocycles. The first-order valence-electron chi connectivity index (χ1n) is 16.6. The summed E-state index contributed by atoms with van der Waals surface area (Å²) in [6, 6.07) is 18.8. The molecule has 2 N–H and O–H groups in total. The van der Waals surface area contributed by atoms with Gasteiger partial charge in [0, 0.05) is 55.4 Å². The average Bonchev–Trinajstić information content (AvgIpc) is 3.08. The Morgan fingerprint density at radius 1 is 0.958 bits per heavy atom. The zero-order valence-electron chi connectivity index (χ0n) is 29.0. The lowest BCUT2D eigenvalue weighted by atomic mass is 9.89. The lowest BCUT2D eigenvalue weighted by Crippen LogP contribution is -2.39. The van der Waals surface area contributed by atoms with E-state index < -0.39 is 6.03 Å². The van der Waals surface area contributed by atoms with Crippen molar-refractivity contribution in [3.63, 3.8) is 0 Å². The number of urea groups is 1. The topological polar surface area (TPSA) is 107 Å². The molecular formula is C39H46N6O3. The van der Waals surface area contributed by atoms with Crippen LogP contribution in [0.5, 0.6) is 5.75 Å². The highest BCUT2D eigenvalue weighted by Crippen LogP contribution is 2.45. The maximum absolute atomic E-state index is 14.9. The highest BCUT2D eigenvalue weighted by atomic mass is 16.5. The van der Waals surface area contributed by atoms with Gasteiger partial charge >= 0.3 is 6.03 Å². The number of rotatable bonds is 12. The largest absolute Gasteiger partial charge is 0.497 e. The van der Waals surface area contributed by atoms with Gasteiger partial charge in [-0.2, -0.15) is 0 Å². The van der Waals surface area contributed by atoms with E-state index in [0.717, 1.165) is 46.2 Å². The summed E-state index contributed by atoms with van der Waals surface area (Å²) in [5.74, 6) is 0.620. The number of primary amides is 1. The van der Waals surface area contributed by atoms with Crippen LogP contribution in [-0.2, 0) is 13.1 Å². The van der Waals surface area contributed by atoms with E-state index in [4.69, 9.17) is 10.5 Å². The third-order valence-corrected chi connectivity index (χ3v) is 8.74. The number of methoxy groups -OCH3 is 1. The molecule has 5 rings (SSSR count). The SMILES string of the molecule is CCCCn1c(=O)c(N(C(N)=O)c2c(C(C)C)cc(N(C)Cc3cccnc3)cc2C(C)C)c(-c2cccc(OC)c2)c2cccnc21. The Morgan fingerprint density at radius 3 is 2.27 bits per heavy atom. The van der Waals surface area contributed by atoms with E-state index in [1.54, 1.807) is 24.1 Å². The van der Waals surface area contributed by atoms with Crippen LogP contribution >= 0.6 is 0 Å². The molecule has 0 unspecified atom stereocenters. The number of hydrogen-bond donors (Lipinski definition) is 1. The lowest BCUT2D eigenvalue weighted by Gasteiger charge is -2.32. The molecule has 0 radical (unpaired) electrons. The average molecular weight is 647 g/mol. The molecule has 5 aromatic rings. The quantitative estimate of drug-likeness (QED) is 0.146. The molecule has 2 aromatic carbocycles. The van der Waals surface area contributed by atoms with E-state index in [9.17, 15) is 9.59 Å². The first kappa shape index (κ1) is 34.2. The molecule has 0 aliphatic heterocycles. The number of nitrogens with two attached hydrogens (primary N) is 1. The number of ether oxygens (including phenoxy) is 1. The van der Waals surface area contributed by atoms with Gasteiger partial charge in [-0.15, -0.1) is 0 Å². The molecule has 0 bridgehead atoms. The maximum Gasteiger partial charge on any atom is 0.324 e. The third-order valence-electron chi connectivity index (χ3n) is 8.74. The molecule has 0 spiro atoms. The van der Waals surface area contributed by atoms with Gasteiger partial charge in [0.05, 0.1) is 12.8 Å². The summed E-state index contributed by atoms with van der Waals surface area (Å²) >= 11 is 0. The fourth-order valence-electron chi connectivity index (χ4n) is 6.28. The lowest BCUT2D eigenvalue weighted by molar-refractivity contribution is 0.256. The molecule has 9 nitrogen and oxygen atoms in total. The van der Waals surface area contributed by atoms with Crippen molar-refractivity contribution in [3.05, 3.63) is 106 Å². The number of benzene rings is 2. The Kier molecular flexibility index (Phi) is 10.5. The van der Waals surface area contributed by atoms with Crippen LogP contribution in [0.3, 0.4) is 0 Å². The standard InChI is InChI=1S/C39H46N6O3/c1-8-9-19-44-37-31(16-12-18-42-37)34(28-14-10-15-30(20-28)48-7)36(38(44)46)45(39(40)47)35-32(25(2)3)21-29(22-33(35)26(4)5)43(6)24-27-13-11-17-41-23-27/h10-18,20-23,25-26H,8-9,19,24H2,1-7H3,(H2,40,47). The van der Waals surface area contributed by atoms with Crippen LogP contribution in [0.1, 0.15) is 76.0 Å². The molecular weight excluding hydrogens is 600 g/mol. The van der Waals surface area contributed by atoms with Crippen LogP contribution in [0.2, 0.25) is 0 Å². The van der Waals surface area contributed by atoms with Gasteiger partial charge in [-0.25, -0.2) is 9.78 Å². The Hall–Kier alpha value is -5.18. The zero-order chi connectivity index (χ0) is 34.5. The molecule has 2 amide bonds. The van der Waals surface area contributed by atoms with Crippen LogP contribution in [0, 0.1) is 0 Å². The highest BCUT2D eigenvalue weighted by molar-refractivity contribution is 6.09. The Labute approximate surface area is 283 Å². The number of fused-ring (bicyclic) bond motifs is 1. The summed E-state index contributed by atoms with van der Waals surface area (Å²) < 4.78 is 7.28. The van der Waals surface area contributed by atoms with E-state index in [1.165, 1.54) is 4.90 Å². The van der Waals surface area contributed by atoms with Crippen LogP contribution in [0.15, 0.2) is 84.0 Å². The first-order chi connectivity index (χ1) is 23.1. The number of hydrogen-bond acceptors (Lipinski definition) is 6. The fourth-order valence-corrected chi connectivity index (χ4v) is 6.28. The summed E-state index contributed by atoms with van der Waals surface area (Å²) in [5.41, 5.74) is 12.7. The van der Waals surface area contributed by atoms with Gasteiger partial charge in [0.15, 0.2) is 0 Å². The van der Waals surface area contributed by atoms with E-state index in [1.807, 2.05) is 55.7 Å². The van der Waals surface area contributed by atoms with Crippen LogP contribution < -0.4 is 25.8 Å². The zero-order valence-corrected chi connectivity index (χ0v) is 29.0. The normalized spacial score (nSPS) is 11.4. The van der Waals surface area contributed by atoms with Gasteiger partial charge in [-0.3, -0.25) is 19.2 Å². The number of nitrogens with zero attached hydrogens (tertiary/aromatic N) is 5. The van der Waals surface area contributed by atoms with Crippen molar-refractivity contribution in [2.24, 2.45) is 5.73 Å². The second-order valence-electron chi connectivity index (χ2n) is 12.8. The van der Waals surface area contributed by atoms with Gasteiger partial charge < -0.3 is 15.4 Å².